The van der Waals surface area contributed by atoms with E-state index in [4.69, 9.17) is 4.74 Å². The molecule has 7 heteroatoms. The SMILES string of the molecule is O=C(O)CC1(c2ccc(Oc3ccc(F)cc3)cc2)CCCCS1(=O)=O. The fourth-order valence-corrected chi connectivity index (χ4v) is 5.66. The van der Waals surface area contributed by atoms with Crippen molar-refractivity contribution < 1.29 is 27.4 Å². The Morgan fingerprint density at radius 3 is 2.15 bits per heavy atom. The summed E-state index contributed by atoms with van der Waals surface area (Å²) in [5, 5.41) is 9.28. The zero-order valence-electron chi connectivity index (χ0n) is 14.0. The minimum absolute atomic E-state index is 0.00584. The molecule has 0 aromatic heterocycles. The molecule has 5 nitrogen and oxygen atoms in total. The molecule has 1 unspecified atom stereocenters. The quantitative estimate of drug-likeness (QED) is 0.854. The molecule has 1 N–H and O–H groups in total. The topological polar surface area (TPSA) is 80.7 Å². The number of rotatable bonds is 5. The molecule has 1 aliphatic rings. The normalized spacial score (nSPS) is 21.9. The van der Waals surface area contributed by atoms with Crippen molar-refractivity contribution in [3.05, 3.63) is 59.9 Å². The predicted octanol–water partition coefficient (Wildman–Crippen LogP) is 3.89. The van der Waals surface area contributed by atoms with Crippen molar-refractivity contribution in [3.8, 4) is 11.5 Å². The van der Waals surface area contributed by atoms with Crippen molar-refractivity contribution in [1.82, 2.24) is 0 Å². The lowest BCUT2D eigenvalue weighted by Gasteiger charge is -2.36. The molecule has 1 atom stereocenters. The van der Waals surface area contributed by atoms with Gasteiger partial charge in [-0.15, -0.1) is 0 Å². The largest absolute Gasteiger partial charge is 0.481 e. The molecule has 0 saturated carbocycles. The van der Waals surface area contributed by atoms with Crippen LogP contribution in [0.25, 0.3) is 0 Å². The van der Waals surface area contributed by atoms with Crippen molar-refractivity contribution in [2.45, 2.75) is 30.4 Å². The smallest absolute Gasteiger partial charge is 0.305 e. The van der Waals surface area contributed by atoms with Crippen LogP contribution >= 0.6 is 0 Å². The lowest BCUT2D eigenvalue weighted by molar-refractivity contribution is -0.137. The summed E-state index contributed by atoms with van der Waals surface area (Å²) in [6, 6.07) is 11.9. The Hall–Kier alpha value is -2.41. The van der Waals surface area contributed by atoms with Crippen LogP contribution in [0.3, 0.4) is 0 Å². The van der Waals surface area contributed by atoms with Crippen LogP contribution in [0.2, 0.25) is 0 Å². The number of hydrogen-bond donors (Lipinski definition) is 1. The lowest BCUT2D eigenvalue weighted by Crippen LogP contribution is -2.42. The van der Waals surface area contributed by atoms with Gasteiger partial charge in [0.25, 0.3) is 0 Å². The summed E-state index contributed by atoms with van der Waals surface area (Å²) in [5.74, 6) is -0.606. The van der Waals surface area contributed by atoms with Gasteiger partial charge in [0, 0.05) is 0 Å². The number of halogens is 1. The van der Waals surface area contributed by atoms with E-state index in [9.17, 15) is 22.7 Å². The number of ether oxygens (including phenoxy) is 1. The summed E-state index contributed by atoms with van der Waals surface area (Å²) >= 11 is 0. The van der Waals surface area contributed by atoms with Crippen molar-refractivity contribution in [2.75, 3.05) is 5.75 Å². The molecule has 138 valence electrons. The average molecular weight is 378 g/mol. The van der Waals surface area contributed by atoms with Gasteiger partial charge in [0.2, 0.25) is 0 Å². The van der Waals surface area contributed by atoms with Gasteiger partial charge in [0.05, 0.1) is 12.2 Å². The highest BCUT2D eigenvalue weighted by molar-refractivity contribution is 7.92. The van der Waals surface area contributed by atoms with Crippen LogP contribution < -0.4 is 4.74 Å². The summed E-state index contributed by atoms with van der Waals surface area (Å²) in [5.41, 5.74) is 0.464. The molecule has 3 rings (SSSR count). The first-order valence-corrected chi connectivity index (χ1v) is 9.96. The van der Waals surface area contributed by atoms with Crippen LogP contribution in [0, 0.1) is 5.82 Å². The summed E-state index contributed by atoms with van der Waals surface area (Å²) in [7, 11) is -3.57. The number of carbonyl (C=O) groups is 1. The Kier molecular flexibility index (Phi) is 5.00. The van der Waals surface area contributed by atoms with E-state index < -0.39 is 27.0 Å². The van der Waals surface area contributed by atoms with Gasteiger partial charge in [-0.05, 0) is 54.8 Å². The summed E-state index contributed by atoms with van der Waals surface area (Å²) in [6.45, 7) is 0. The fraction of sp³-hybridized carbons (Fsp3) is 0.316. The average Bonchev–Trinajstić information content (AvgIpc) is 2.59. The number of hydrogen-bond acceptors (Lipinski definition) is 4. The molecule has 2 aromatic rings. The Balaban J connectivity index is 1.91. The number of aliphatic carboxylic acids is 1. The van der Waals surface area contributed by atoms with E-state index in [0.29, 0.717) is 36.3 Å². The van der Waals surface area contributed by atoms with E-state index in [0.717, 1.165) is 0 Å². The van der Waals surface area contributed by atoms with Crippen LogP contribution in [0.5, 0.6) is 11.5 Å². The molecule has 1 heterocycles. The number of carboxylic acids is 1. The molecule has 0 radical (unpaired) electrons. The summed E-state index contributed by atoms with van der Waals surface area (Å²) in [6.07, 6.45) is 1.06. The second-order valence-corrected chi connectivity index (χ2v) is 8.84. The molecule has 2 aromatic carbocycles. The van der Waals surface area contributed by atoms with Gasteiger partial charge in [-0.1, -0.05) is 18.6 Å². The fourth-order valence-electron chi connectivity index (χ4n) is 3.39. The monoisotopic (exact) mass is 378 g/mol. The Morgan fingerprint density at radius 2 is 1.62 bits per heavy atom. The molecule has 26 heavy (non-hydrogen) atoms. The maximum Gasteiger partial charge on any atom is 0.305 e. The van der Waals surface area contributed by atoms with E-state index in [1.54, 1.807) is 24.3 Å². The molecule has 1 saturated heterocycles. The molecule has 0 aliphatic carbocycles. The van der Waals surface area contributed by atoms with Gasteiger partial charge in [0.15, 0.2) is 9.84 Å². The number of benzene rings is 2. The van der Waals surface area contributed by atoms with E-state index >= 15 is 0 Å². The highest BCUT2D eigenvalue weighted by Gasteiger charge is 2.48. The van der Waals surface area contributed by atoms with Crippen molar-refractivity contribution >= 4 is 15.8 Å². The molecule has 0 spiro atoms. The zero-order chi connectivity index (χ0) is 18.8. The van der Waals surface area contributed by atoms with Crippen molar-refractivity contribution in [2.24, 2.45) is 0 Å². The minimum atomic E-state index is -3.57. The molecule has 1 aliphatic heterocycles. The molecule has 0 amide bonds. The molecule has 1 fully saturated rings. The first kappa shape index (κ1) is 18.4. The van der Waals surface area contributed by atoms with E-state index in [2.05, 4.69) is 0 Å². The molecular formula is C19H19FO5S. The van der Waals surface area contributed by atoms with Crippen LogP contribution in [-0.2, 0) is 19.4 Å². The van der Waals surface area contributed by atoms with Gasteiger partial charge >= 0.3 is 5.97 Å². The van der Waals surface area contributed by atoms with Crippen LogP contribution in [0.1, 0.15) is 31.2 Å². The van der Waals surface area contributed by atoms with Crippen molar-refractivity contribution in [3.63, 3.8) is 0 Å². The zero-order valence-corrected chi connectivity index (χ0v) is 14.8. The Morgan fingerprint density at radius 1 is 1.04 bits per heavy atom. The first-order chi connectivity index (χ1) is 12.3. The second kappa shape index (κ2) is 7.07. The second-order valence-electron chi connectivity index (χ2n) is 6.42. The maximum atomic E-state index is 12.9. The van der Waals surface area contributed by atoms with Crippen LogP contribution in [0.15, 0.2) is 48.5 Å². The highest BCUT2D eigenvalue weighted by atomic mass is 32.2. The Bertz CT molecular complexity index is 891. The standard InChI is InChI=1S/C19H19FO5S/c20-15-5-9-17(10-6-15)25-16-7-3-14(4-8-16)19(13-18(21)22)11-1-2-12-26(19,23)24/h3-10H,1-2,11-13H2,(H,21,22). The third-order valence-electron chi connectivity index (χ3n) is 4.71. The van der Waals surface area contributed by atoms with Gasteiger partial charge in [-0.3, -0.25) is 4.79 Å². The summed E-state index contributed by atoms with van der Waals surface area (Å²) in [4.78, 5) is 11.3. The van der Waals surface area contributed by atoms with E-state index in [-0.39, 0.29) is 11.6 Å². The Labute approximate surface area is 151 Å². The third kappa shape index (κ3) is 3.58. The summed E-state index contributed by atoms with van der Waals surface area (Å²) < 4.78 is 42.6. The van der Waals surface area contributed by atoms with Gasteiger partial charge < -0.3 is 9.84 Å². The highest BCUT2D eigenvalue weighted by Crippen LogP contribution is 2.43. The van der Waals surface area contributed by atoms with Crippen LogP contribution in [-0.4, -0.2) is 25.2 Å². The van der Waals surface area contributed by atoms with E-state index in [1.807, 2.05) is 0 Å². The van der Waals surface area contributed by atoms with Gasteiger partial charge in [-0.2, -0.15) is 0 Å². The van der Waals surface area contributed by atoms with Crippen molar-refractivity contribution in [1.29, 1.82) is 0 Å². The first-order valence-electron chi connectivity index (χ1n) is 8.30. The minimum Gasteiger partial charge on any atom is -0.481 e. The maximum absolute atomic E-state index is 12.9. The number of carboxylic acid groups (broad SMARTS) is 1. The molecule has 0 bridgehead atoms. The third-order valence-corrected chi connectivity index (χ3v) is 7.31. The molecular weight excluding hydrogens is 359 g/mol. The van der Waals surface area contributed by atoms with Gasteiger partial charge in [-0.25, -0.2) is 12.8 Å². The number of sulfone groups is 1. The predicted molar refractivity (Wildman–Crippen MR) is 94.5 cm³/mol. The van der Waals surface area contributed by atoms with Gasteiger partial charge in [0.1, 0.15) is 22.1 Å². The van der Waals surface area contributed by atoms with E-state index in [1.165, 1.54) is 24.3 Å². The lowest BCUT2D eigenvalue weighted by atomic mass is 9.89. The van der Waals surface area contributed by atoms with Crippen LogP contribution in [0.4, 0.5) is 4.39 Å².